The zero-order valence-corrected chi connectivity index (χ0v) is 13.4. The Morgan fingerprint density at radius 2 is 2.11 bits per heavy atom. The van der Waals surface area contributed by atoms with E-state index < -0.39 is 10.0 Å². The average molecular weight is 351 g/mol. The van der Waals surface area contributed by atoms with E-state index in [2.05, 4.69) is 28.2 Å². The van der Waals surface area contributed by atoms with Crippen LogP contribution in [-0.4, -0.2) is 32.4 Å². The number of nitrogens with zero attached hydrogens (tertiary/aromatic N) is 1. The largest absolute Gasteiger partial charge is 0.452 e. The molecule has 0 unspecified atom stereocenters. The number of hydrogen-bond acceptors (Lipinski definition) is 4. The first kappa shape index (κ1) is 15.0. The highest BCUT2D eigenvalue weighted by Crippen LogP contribution is 2.30. The summed E-state index contributed by atoms with van der Waals surface area (Å²) >= 11 is 3.21. The molecule has 0 aromatic carbocycles. The van der Waals surface area contributed by atoms with Gasteiger partial charge in [0.05, 0.1) is 6.54 Å². The first-order chi connectivity index (χ1) is 9.05. The predicted molar refractivity (Wildman–Crippen MR) is 76.4 cm³/mol. The third-order valence-electron chi connectivity index (χ3n) is 3.12. The number of rotatable bonds is 6. The van der Waals surface area contributed by atoms with Crippen LogP contribution in [0.3, 0.4) is 0 Å². The fraction of sp³-hybridized carbons (Fsp3) is 0.667. The second-order valence-electron chi connectivity index (χ2n) is 4.64. The summed E-state index contributed by atoms with van der Waals surface area (Å²) in [5, 5.41) is 3.19. The van der Waals surface area contributed by atoms with Crippen LogP contribution in [0.1, 0.15) is 31.9 Å². The molecule has 0 amide bonds. The normalized spacial score (nSPS) is 17.2. The topological polar surface area (TPSA) is 62.6 Å². The zero-order valence-electron chi connectivity index (χ0n) is 11.0. The van der Waals surface area contributed by atoms with Crippen molar-refractivity contribution in [3.63, 3.8) is 0 Å². The van der Waals surface area contributed by atoms with Crippen LogP contribution in [0.2, 0.25) is 0 Å². The molecule has 5 nitrogen and oxygen atoms in total. The molecule has 0 saturated carbocycles. The van der Waals surface area contributed by atoms with Crippen LogP contribution in [0.4, 0.5) is 0 Å². The Bertz CT molecular complexity index is 521. The highest BCUT2D eigenvalue weighted by molar-refractivity contribution is 9.10. The third-order valence-corrected chi connectivity index (χ3v) is 5.87. The summed E-state index contributed by atoms with van der Waals surface area (Å²) < 4.78 is 32.1. The zero-order chi connectivity index (χ0) is 13.9. The maximum atomic E-state index is 12.4. The quantitative estimate of drug-likeness (QED) is 0.799. The van der Waals surface area contributed by atoms with Gasteiger partial charge in [0.1, 0.15) is 10.7 Å². The SMILES string of the molecule is CCCNCc1cc(S(=O)(=O)N2CCCC2)c(Br)o1. The lowest BCUT2D eigenvalue weighted by molar-refractivity contribution is 0.454. The molecule has 1 aliphatic heterocycles. The highest BCUT2D eigenvalue weighted by atomic mass is 79.9. The predicted octanol–water partition coefficient (Wildman–Crippen LogP) is 2.33. The summed E-state index contributed by atoms with van der Waals surface area (Å²) in [5.74, 6) is 0.637. The fourth-order valence-corrected chi connectivity index (χ4v) is 4.59. The molecule has 0 aliphatic carbocycles. The summed E-state index contributed by atoms with van der Waals surface area (Å²) in [4.78, 5) is 0.239. The lowest BCUT2D eigenvalue weighted by Crippen LogP contribution is -2.27. The van der Waals surface area contributed by atoms with Crippen LogP contribution in [0.15, 0.2) is 20.0 Å². The summed E-state index contributed by atoms with van der Waals surface area (Å²) in [6.45, 7) is 4.70. The molecule has 1 aromatic heterocycles. The van der Waals surface area contributed by atoms with E-state index in [0.717, 1.165) is 25.8 Å². The van der Waals surface area contributed by atoms with Crippen molar-refractivity contribution in [1.29, 1.82) is 0 Å². The van der Waals surface area contributed by atoms with E-state index >= 15 is 0 Å². The van der Waals surface area contributed by atoms with Gasteiger partial charge in [0.2, 0.25) is 10.0 Å². The van der Waals surface area contributed by atoms with E-state index in [0.29, 0.717) is 30.1 Å². The van der Waals surface area contributed by atoms with Crippen molar-refractivity contribution in [3.05, 3.63) is 16.5 Å². The van der Waals surface area contributed by atoms with Gasteiger partial charge in [0, 0.05) is 19.2 Å². The molecular formula is C12H19BrN2O3S. The van der Waals surface area contributed by atoms with Crippen molar-refractivity contribution < 1.29 is 12.8 Å². The Hall–Kier alpha value is -0.370. The van der Waals surface area contributed by atoms with Crippen molar-refractivity contribution in [3.8, 4) is 0 Å². The van der Waals surface area contributed by atoms with Gasteiger partial charge in [-0.05, 0) is 41.7 Å². The van der Waals surface area contributed by atoms with Gasteiger partial charge in [-0.3, -0.25) is 0 Å². The Morgan fingerprint density at radius 1 is 1.42 bits per heavy atom. The van der Waals surface area contributed by atoms with E-state index in [1.165, 1.54) is 4.31 Å². The van der Waals surface area contributed by atoms with Crippen molar-refractivity contribution >= 4 is 26.0 Å². The van der Waals surface area contributed by atoms with Crippen LogP contribution in [-0.2, 0) is 16.6 Å². The van der Waals surface area contributed by atoms with E-state index in [1.54, 1.807) is 6.07 Å². The smallest absolute Gasteiger partial charge is 0.247 e. The van der Waals surface area contributed by atoms with Crippen LogP contribution in [0.5, 0.6) is 0 Å². The molecule has 0 bridgehead atoms. The number of sulfonamides is 1. The van der Waals surface area contributed by atoms with Crippen LogP contribution >= 0.6 is 15.9 Å². The monoisotopic (exact) mass is 350 g/mol. The van der Waals surface area contributed by atoms with Crippen molar-refractivity contribution in [2.45, 2.75) is 37.6 Å². The van der Waals surface area contributed by atoms with Gasteiger partial charge in [-0.15, -0.1) is 0 Å². The molecule has 2 heterocycles. The van der Waals surface area contributed by atoms with Crippen molar-refractivity contribution in [2.24, 2.45) is 0 Å². The number of halogens is 1. The molecule has 1 aromatic rings. The molecule has 1 fully saturated rings. The second-order valence-corrected chi connectivity index (χ2v) is 7.27. The van der Waals surface area contributed by atoms with Gasteiger partial charge in [-0.25, -0.2) is 8.42 Å². The van der Waals surface area contributed by atoms with Crippen LogP contribution < -0.4 is 5.32 Å². The second kappa shape index (κ2) is 6.39. The van der Waals surface area contributed by atoms with Gasteiger partial charge in [-0.2, -0.15) is 4.31 Å². The van der Waals surface area contributed by atoms with Gasteiger partial charge in [0.25, 0.3) is 0 Å². The molecule has 0 radical (unpaired) electrons. The standard InChI is InChI=1S/C12H19BrN2O3S/c1-2-5-14-9-10-8-11(12(13)18-10)19(16,17)15-6-3-4-7-15/h8,14H,2-7,9H2,1H3. The first-order valence-corrected chi connectivity index (χ1v) is 8.78. The fourth-order valence-electron chi connectivity index (χ4n) is 2.12. The number of hydrogen-bond donors (Lipinski definition) is 1. The average Bonchev–Trinajstić information content (AvgIpc) is 2.99. The summed E-state index contributed by atoms with van der Waals surface area (Å²) in [6.07, 6.45) is 2.89. The van der Waals surface area contributed by atoms with Gasteiger partial charge in [0.15, 0.2) is 4.67 Å². The molecule has 19 heavy (non-hydrogen) atoms. The van der Waals surface area contributed by atoms with Crippen molar-refractivity contribution in [2.75, 3.05) is 19.6 Å². The lowest BCUT2D eigenvalue weighted by Gasteiger charge is -2.13. The minimum atomic E-state index is -3.41. The van der Waals surface area contributed by atoms with E-state index in [9.17, 15) is 8.42 Å². The Balaban J connectivity index is 2.15. The van der Waals surface area contributed by atoms with Crippen LogP contribution in [0.25, 0.3) is 0 Å². The maximum Gasteiger partial charge on any atom is 0.247 e. The summed E-state index contributed by atoms with van der Waals surface area (Å²) in [5.41, 5.74) is 0. The Morgan fingerprint density at radius 3 is 2.74 bits per heavy atom. The molecule has 108 valence electrons. The van der Waals surface area contributed by atoms with E-state index in [4.69, 9.17) is 4.42 Å². The Kier molecular flexibility index (Phi) is 5.05. The molecule has 0 spiro atoms. The molecule has 1 N–H and O–H groups in total. The molecular weight excluding hydrogens is 332 g/mol. The maximum absolute atomic E-state index is 12.4. The van der Waals surface area contributed by atoms with Gasteiger partial charge < -0.3 is 9.73 Å². The number of furan rings is 1. The van der Waals surface area contributed by atoms with E-state index in [-0.39, 0.29) is 4.90 Å². The minimum Gasteiger partial charge on any atom is -0.452 e. The van der Waals surface area contributed by atoms with Crippen molar-refractivity contribution in [1.82, 2.24) is 9.62 Å². The van der Waals surface area contributed by atoms with E-state index in [1.807, 2.05) is 0 Å². The molecule has 7 heteroatoms. The lowest BCUT2D eigenvalue weighted by atomic mass is 10.4. The Labute approximate surface area is 122 Å². The summed E-state index contributed by atoms with van der Waals surface area (Å²) in [6, 6.07) is 1.61. The molecule has 1 saturated heterocycles. The van der Waals surface area contributed by atoms with Gasteiger partial charge in [-0.1, -0.05) is 6.92 Å². The minimum absolute atomic E-state index is 0.239. The molecule has 1 aliphatic rings. The summed E-state index contributed by atoms with van der Waals surface area (Å²) in [7, 11) is -3.41. The highest BCUT2D eigenvalue weighted by Gasteiger charge is 2.31. The third kappa shape index (κ3) is 3.39. The van der Waals surface area contributed by atoms with Gasteiger partial charge >= 0.3 is 0 Å². The first-order valence-electron chi connectivity index (χ1n) is 6.54. The number of nitrogens with one attached hydrogen (secondary N) is 1. The molecule has 2 rings (SSSR count). The molecule has 0 atom stereocenters. The van der Waals surface area contributed by atoms with Crippen LogP contribution in [0, 0.1) is 0 Å².